The van der Waals surface area contributed by atoms with Gasteiger partial charge in [0, 0.05) is 11.5 Å². The van der Waals surface area contributed by atoms with Crippen molar-refractivity contribution in [1.82, 2.24) is 0 Å². The molecule has 0 heterocycles. The molecule has 1 unspecified atom stereocenters. The molecule has 0 saturated heterocycles. The van der Waals surface area contributed by atoms with Crippen LogP contribution in [0.25, 0.3) is 0 Å². The zero-order valence-corrected chi connectivity index (χ0v) is 16.0. The van der Waals surface area contributed by atoms with Gasteiger partial charge in [0.1, 0.15) is 11.5 Å². The van der Waals surface area contributed by atoms with Crippen LogP contribution < -0.4 is 14.8 Å². The summed E-state index contributed by atoms with van der Waals surface area (Å²) in [5.74, 6) is 1.13. The molecule has 3 aromatic carbocycles. The van der Waals surface area contributed by atoms with E-state index in [9.17, 15) is 4.79 Å². The van der Waals surface area contributed by atoms with E-state index in [1.807, 2.05) is 48.5 Å². The van der Waals surface area contributed by atoms with Gasteiger partial charge in [-0.1, -0.05) is 60.7 Å². The lowest BCUT2D eigenvalue weighted by molar-refractivity contribution is -0.117. The average molecular weight is 373 g/mol. The largest absolute Gasteiger partial charge is 0.497 e. The smallest absolute Gasteiger partial charge is 0.228 e. The molecule has 0 aromatic heterocycles. The summed E-state index contributed by atoms with van der Waals surface area (Å²) in [7, 11) is 3.19. The number of hydrogen-bond acceptors (Lipinski definition) is 3. The first kappa shape index (κ1) is 18.1. The lowest BCUT2D eigenvalue weighted by atomic mass is 9.85. The summed E-state index contributed by atoms with van der Waals surface area (Å²) in [6.45, 7) is 0. The lowest BCUT2D eigenvalue weighted by Gasteiger charge is -2.19. The highest BCUT2D eigenvalue weighted by Crippen LogP contribution is 2.59. The predicted molar refractivity (Wildman–Crippen MR) is 110 cm³/mol. The van der Waals surface area contributed by atoms with Crippen LogP contribution in [0.3, 0.4) is 0 Å². The molecule has 4 heteroatoms. The molecule has 3 aromatic rings. The van der Waals surface area contributed by atoms with E-state index in [0.29, 0.717) is 17.2 Å². The van der Waals surface area contributed by atoms with Gasteiger partial charge in [-0.3, -0.25) is 4.79 Å². The van der Waals surface area contributed by atoms with Crippen LogP contribution in [0, 0.1) is 5.92 Å². The molecule has 1 aliphatic rings. The minimum atomic E-state index is -0.285. The summed E-state index contributed by atoms with van der Waals surface area (Å²) in [5, 5.41) is 3.05. The molecule has 0 aliphatic heterocycles. The quantitative estimate of drug-likeness (QED) is 0.684. The molecule has 28 heavy (non-hydrogen) atoms. The molecule has 142 valence electrons. The zero-order valence-electron chi connectivity index (χ0n) is 16.0. The van der Waals surface area contributed by atoms with Crippen molar-refractivity contribution in [2.45, 2.75) is 11.8 Å². The molecule has 0 bridgehead atoms. The summed E-state index contributed by atoms with van der Waals surface area (Å²) >= 11 is 0. The van der Waals surface area contributed by atoms with Crippen molar-refractivity contribution in [2.75, 3.05) is 19.5 Å². The Morgan fingerprint density at radius 3 is 2.04 bits per heavy atom. The second-order valence-electron chi connectivity index (χ2n) is 7.02. The van der Waals surface area contributed by atoms with Crippen LogP contribution >= 0.6 is 0 Å². The minimum Gasteiger partial charge on any atom is -0.497 e. The van der Waals surface area contributed by atoms with Gasteiger partial charge in [0.15, 0.2) is 0 Å². The third kappa shape index (κ3) is 3.11. The third-order valence-corrected chi connectivity index (χ3v) is 5.52. The molecule has 4 nitrogen and oxygen atoms in total. The molecular weight excluding hydrogens is 350 g/mol. The predicted octanol–water partition coefficient (Wildman–Crippen LogP) is 4.65. The van der Waals surface area contributed by atoms with E-state index in [1.54, 1.807) is 20.3 Å². The number of nitrogens with one attached hydrogen (secondary N) is 1. The molecule has 1 saturated carbocycles. The van der Waals surface area contributed by atoms with E-state index in [1.165, 1.54) is 11.1 Å². The summed E-state index contributed by atoms with van der Waals surface area (Å²) < 4.78 is 10.6. The number of benzene rings is 3. The maximum Gasteiger partial charge on any atom is 0.228 e. The topological polar surface area (TPSA) is 47.6 Å². The van der Waals surface area contributed by atoms with Gasteiger partial charge < -0.3 is 14.8 Å². The number of carbonyl (C=O) groups is 1. The Morgan fingerprint density at radius 2 is 1.50 bits per heavy atom. The molecule has 0 spiro atoms. The minimum absolute atomic E-state index is 0.00354. The van der Waals surface area contributed by atoms with Crippen molar-refractivity contribution < 1.29 is 14.3 Å². The van der Waals surface area contributed by atoms with Gasteiger partial charge in [0.05, 0.1) is 25.8 Å². The zero-order chi connectivity index (χ0) is 19.6. The van der Waals surface area contributed by atoms with Gasteiger partial charge in [-0.05, 0) is 29.7 Å². The first-order chi connectivity index (χ1) is 13.7. The highest BCUT2D eigenvalue weighted by molar-refractivity contribution is 5.98. The van der Waals surface area contributed by atoms with Crippen LogP contribution in [-0.4, -0.2) is 20.1 Å². The molecule has 1 fully saturated rings. The SMILES string of the molecule is COc1ccc(NC(=O)C2CC2(c2ccccc2)c2ccccc2)c(OC)c1. The van der Waals surface area contributed by atoms with Crippen LogP contribution in [0.4, 0.5) is 5.69 Å². The van der Waals surface area contributed by atoms with Crippen molar-refractivity contribution in [1.29, 1.82) is 0 Å². The Bertz CT molecular complexity index is 930. The number of amides is 1. The van der Waals surface area contributed by atoms with E-state index in [4.69, 9.17) is 9.47 Å². The fraction of sp³-hybridized carbons (Fsp3) is 0.208. The lowest BCUT2D eigenvalue weighted by Crippen LogP contribution is -2.22. The van der Waals surface area contributed by atoms with Crippen molar-refractivity contribution >= 4 is 11.6 Å². The van der Waals surface area contributed by atoms with Crippen molar-refractivity contribution in [3.05, 3.63) is 90.0 Å². The van der Waals surface area contributed by atoms with Gasteiger partial charge in [0.25, 0.3) is 0 Å². The van der Waals surface area contributed by atoms with Crippen LogP contribution in [0.15, 0.2) is 78.9 Å². The van der Waals surface area contributed by atoms with Gasteiger partial charge in [-0.25, -0.2) is 0 Å². The first-order valence-corrected chi connectivity index (χ1v) is 9.33. The Balaban J connectivity index is 1.64. The highest BCUT2D eigenvalue weighted by Gasteiger charge is 2.60. The Hall–Kier alpha value is -3.27. The number of methoxy groups -OCH3 is 2. The second-order valence-corrected chi connectivity index (χ2v) is 7.02. The maximum atomic E-state index is 13.2. The number of rotatable bonds is 6. The summed E-state index contributed by atoms with van der Waals surface area (Å²) in [5.41, 5.74) is 2.70. The number of carbonyl (C=O) groups excluding carboxylic acids is 1. The van der Waals surface area contributed by atoms with Crippen LogP contribution in [0.1, 0.15) is 17.5 Å². The summed E-state index contributed by atoms with van der Waals surface area (Å²) in [4.78, 5) is 13.2. The molecule has 0 radical (unpaired) electrons. The van der Waals surface area contributed by atoms with Gasteiger partial charge in [0.2, 0.25) is 5.91 Å². The number of anilines is 1. The molecule has 1 N–H and O–H groups in total. The van der Waals surface area contributed by atoms with E-state index in [-0.39, 0.29) is 17.2 Å². The molecule has 1 amide bonds. The molecular formula is C24H23NO3. The monoisotopic (exact) mass is 373 g/mol. The second kappa shape index (κ2) is 7.39. The van der Waals surface area contributed by atoms with E-state index >= 15 is 0 Å². The summed E-state index contributed by atoms with van der Waals surface area (Å²) in [6.07, 6.45) is 0.783. The fourth-order valence-corrected chi connectivity index (χ4v) is 3.98. The summed E-state index contributed by atoms with van der Waals surface area (Å²) in [6, 6.07) is 25.9. The fourth-order valence-electron chi connectivity index (χ4n) is 3.98. The standard InChI is InChI=1S/C24H23NO3/c1-27-19-13-14-21(22(15-19)28-2)25-23(26)20-16-24(20,17-9-5-3-6-10-17)18-11-7-4-8-12-18/h3-15,20H,16H2,1-2H3,(H,25,26). The van der Waals surface area contributed by atoms with Crippen molar-refractivity contribution in [2.24, 2.45) is 5.92 Å². The van der Waals surface area contributed by atoms with Gasteiger partial charge >= 0.3 is 0 Å². The molecule has 4 rings (SSSR count). The van der Waals surface area contributed by atoms with Crippen LogP contribution in [-0.2, 0) is 10.2 Å². The van der Waals surface area contributed by atoms with Gasteiger partial charge in [-0.2, -0.15) is 0 Å². The van der Waals surface area contributed by atoms with E-state index in [2.05, 4.69) is 29.6 Å². The number of hydrogen-bond donors (Lipinski definition) is 1. The van der Waals surface area contributed by atoms with Crippen LogP contribution in [0.2, 0.25) is 0 Å². The number of ether oxygens (including phenoxy) is 2. The first-order valence-electron chi connectivity index (χ1n) is 9.33. The Labute approximate surface area is 165 Å². The molecule has 1 atom stereocenters. The van der Waals surface area contributed by atoms with E-state index in [0.717, 1.165) is 6.42 Å². The third-order valence-electron chi connectivity index (χ3n) is 5.52. The highest BCUT2D eigenvalue weighted by atomic mass is 16.5. The maximum absolute atomic E-state index is 13.2. The van der Waals surface area contributed by atoms with E-state index < -0.39 is 0 Å². The van der Waals surface area contributed by atoms with Crippen LogP contribution in [0.5, 0.6) is 11.5 Å². The van der Waals surface area contributed by atoms with Crippen molar-refractivity contribution in [3.8, 4) is 11.5 Å². The van der Waals surface area contributed by atoms with Crippen molar-refractivity contribution in [3.63, 3.8) is 0 Å². The average Bonchev–Trinajstić information content (AvgIpc) is 3.52. The van der Waals surface area contributed by atoms with Gasteiger partial charge in [-0.15, -0.1) is 0 Å². The Kier molecular flexibility index (Phi) is 4.78. The normalized spacial score (nSPS) is 16.9. The molecule has 1 aliphatic carbocycles. The Morgan fingerprint density at radius 1 is 0.893 bits per heavy atom.